The molecule has 0 aromatic heterocycles. The van der Waals surface area contributed by atoms with Crippen LogP contribution in [-0.4, -0.2) is 10.9 Å². The molecule has 0 aliphatic heterocycles. The largest absolute Gasteiger partial charge is 0.423 e. The Morgan fingerprint density at radius 3 is 2.38 bits per heavy atom. The van der Waals surface area contributed by atoms with Gasteiger partial charge in [-0.25, -0.2) is 4.79 Å². The lowest BCUT2D eigenvalue weighted by atomic mass is 10.0. The van der Waals surface area contributed by atoms with Crippen molar-refractivity contribution in [1.82, 2.24) is 0 Å². The van der Waals surface area contributed by atoms with Crippen LogP contribution in [0.1, 0.15) is 21.5 Å². The standard InChI is InChI=1S/C22H13ClN2O4/c23-19-5-1-3-16(12-19)18(14-24)11-15-7-9-21(10-8-15)29-22(26)17-4-2-6-20(13-17)25(27)28/h1-13H/b18-11-. The molecule has 0 spiro atoms. The number of nitrogens with zero attached hydrogens (tertiary/aromatic N) is 2. The fourth-order valence-electron chi connectivity index (χ4n) is 2.55. The topological polar surface area (TPSA) is 93.2 Å². The molecule has 0 saturated carbocycles. The monoisotopic (exact) mass is 404 g/mol. The summed E-state index contributed by atoms with van der Waals surface area (Å²) in [6.07, 6.45) is 1.69. The molecule has 3 aromatic rings. The Hall–Kier alpha value is -3.95. The highest BCUT2D eigenvalue weighted by molar-refractivity contribution is 6.30. The molecule has 0 radical (unpaired) electrons. The Kier molecular flexibility index (Phi) is 6.03. The zero-order valence-corrected chi connectivity index (χ0v) is 15.7. The normalized spacial score (nSPS) is 10.8. The molecule has 0 amide bonds. The number of hydrogen-bond donors (Lipinski definition) is 0. The highest BCUT2D eigenvalue weighted by Crippen LogP contribution is 2.23. The number of ether oxygens (including phenoxy) is 1. The fourth-order valence-corrected chi connectivity index (χ4v) is 2.74. The van der Waals surface area contributed by atoms with Gasteiger partial charge in [0.05, 0.1) is 22.1 Å². The van der Waals surface area contributed by atoms with Crippen LogP contribution in [0.25, 0.3) is 11.6 Å². The van der Waals surface area contributed by atoms with Crippen LogP contribution in [0.3, 0.4) is 0 Å². The van der Waals surface area contributed by atoms with E-state index in [4.69, 9.17) is 16.3 Å². The summed E-state index contributed by atoms with van der Waals surface area (Å²) >= 11 is 5.97. The summed E-state index contributed by atoms with van der Waals surface area (Å²) in [6.45, 7) is 0. The van der Waals surface area contributed by atoms with Crippen molar-refractivity contribution in [1.29, 1.82) is 5.26 Å². The predicted octanol–water partition coefficient (Wildman–Crippen LogP) is 5.53. The number of non-ortho nitro benzene ring substituents is 1. The van der Waals surface area contributed by atoms with Crippen LogP contribution >= 0.6 is 11.6 Å². The van der Waals surface area contributed by atoms with Crippen molar-refractivity contribution in [3.8, 4) is 11.8 Å². The molecule has 0 fully saturated rings. The molecule has 3 aromatic carbocycles. The van der Waals surface area contributed by atoms with E-state index in [0.29, 0.717) is 16.2 Å². The van der Waals surface area contributed by atoms with Crippen LogP contribution in [0.5, 0.6) is 5.75 Å². The number of nitriles is 1. The summed E-state index contributed by atoms with van der Waals surface area (Å²) in [5, 5.41) is 20.8. The van der Waals surface area contributed by atoms with Crippen molar-refractivity contribution in [3.63, 3.8) is 0 Å². The van der Waals surface area contributed by atoms with E-state index in [1.54, 1.807) is 54.6 Å². The van der Waals surface area contributed by atoms with Crippen LogP contribution in [0.4, 0.5) is 5.69 Å². The highest BCUT2D eigenvalue weighted by atomic mass is 35.5. The van der Waals surface area contributed by atoms with E-state index in [2.05, 4.69) is 6.07 Å². The average Bonchev–Trinajstić information content (AvgIpc) is 2.73. The van der Waals surface area contributed by atoms with Gasteiger partial charge in [0, 0.05) is 17.2 Å². The summed E-state index contributed by atoms with van der Waals surface area (Å²) in [7, 11) is 0. The molecule has 0 bridgehead atoms. The van der Waals surface area contributed by atoms with E-state index < -0.39 is 10.9 Å². The minimum Gasteiger partial charge on any atom is -0.423 e. The molecular weight excluding hydrogens is 392 g/mol. The Morgan fingerprint density at radius 1 is 1.03 bits per heavy atom. The van der Waals surface area contributed by atoms with Crippen LogP contribution in [0.2, 0.25) is 5.02 Å². The number of rotatable bonds is 5. The molecule has 0 atom stereocenters. The lowest BCUT2D eigenvalue weighted by molar-refractivity contribution is -0.384. The second-order valence-electron chi connectivity index (χ2n) is 5.95. The quantitative estimate of drug-likeness (QED) is 0.139. The summed E-state index contributed by atoms with van der Waals surface area (Å²) in [5.41, 5.74) is 1.76. The predicted molar refractivity (Wildman–Crippen MR) is 109 cm³/mol. The third-order valence-corrected chi connectivity index (χ3v) is 4.19. The molecular formula is C22H13ClN2O4. The fraction of sp³-hybridized carbons (Fsp3) is 0. The smallest absolute Gasteiger partial charge is 0.343 e. The molecule has 6 nitrogen and oxygen atoms in total. The minimum absolute atomic E-state index is 0.0795. The molecule has 142 valence electrons. The summed E-state index contributed by atoms with van der Waals surface area (Å²) in [6, 6.07) is 21.0. The lowest BCUT2D eigenvalue weighted by Crippen LogP contribution is -2.08. The number of halogens is 1. The van der Waals surface area contributed by atoms with Gasteiger partial charge in [-0.05, 0) is 47.5 Å². The van der Waals surface area contributed by atoms with Gasteiger partial charge in [0.15, 0.2) is 0 Å². The second-order valence-corrected chi connectivity index (χ2v) is 6.38. The number of benzene rings is 3. The van der Waals surface area contributed by atoms with Crippen LogP contribution in [-0.2, 0) is 0 Å². The molecule has 0 aliphatic rings. The molecule has 7 heteroatoms. The zero-order chi connectivity index (χ0) is 20.8. The maximum atomic E-state index is 12.2. The summed E-state index contributed by atoms with van der Waals surface area (Å²) in [5.74, 6) is -0.423. The number of hydrogen-bond acceptors (Lipinski definition) is 5. The first kappa shape index (κ1) is 19.8. The first-order chi connectivity index (χ1) is 14.0. The van der Waals surface area contributed by atoms with Gasteiger partial charge in [-0.3, -0.25) is 10.1 Å². The number of esters is 1. The van der Waals surface area contributed by atoms with E-state index in [-0.39, 0.29) is 17.0 Å². The maximum Gasteiger partial charge on any atom is 0.343 e. The van der Waals surface area contributed by atoms with Crippen LogP contribution < -0.4 is 4.74 Å². The van der Waals surface area contributed by atoms with E-state index in [0.717, 1.165) is 11.6 Å². The summed E-state index contributed by atoms with van der Waals surface area (Å²) in [4.78, 5) is 22.4. The Bertz CT molecular complexity index is 1150. The van der Waals surface area contributed by atoms with Crippen molar-refractivity contribution >= 4 is 34.9 Å². The van der Waals surface area contributed by atoms with Crippen molar-refractivity contribution in [2.45, 2.75) is 0 Å². The van der Waals surface area contributed by atoms with Crippen molar-refractivity contribution in [3.05, 3.63) is 105 Å². The van der Waals surface area contributed by atoms with E-state index in [1.807, 2.05) is 0 Å². The summed E-state index contributed by atoms with van der Waals surface area (Å²) < 4.78 is 5.26. The zero-order valence-electron chi connectivity index (χ0n) is 14.9. The molecule has 29 heavy (non-hydrogen) atoms. The highest BCUT2D eigenvalue weighted by Gasteiger charge is 2.13. The number of carbonyl (C=O) groups is 1. The maximum absolute atomic E-state index is 12.2. The second kappa shape index (κ2) is 8.83. The van der Waals surface area contributed by atoms with Gasteiger partial charge in [0.2, 0.25) is 0 Å². The van der Waals surface area contributed by atoms with Gasteiger partial charge >= 0.3 is 5.97 Å². The molecule has 0 saturated heterocycles. The van der Waals surface area contributed by atoms with Crippen LogP contribution in [0.15, 0.2) is 72.8 Å². The number of nitro benzene ring substituents is 1. The van der Waals surface area contributed by atoms with Gasteiger partial charge in [-0.2, -0.15) is 5.26 Å². The SMILES string of the molecule is N#C/C(=C/c1ccc(OC(=O)c2cccc([N+](=O)[O-])c2)cc1)c1cccc(Cl)c1. The van der Waals surface area contributed by atoms with Crippen molar-refractivity contribution in [2.24, 2.45) is 0 Å². The first-order valence-electron chi connectivity index (χ1n) is 8.41. The van der Waals surface area contributed by atoms with Crippen molar-refractivity contribution in [2.75, 3.05) is 0 Å². The van der Waals surface area contributed by atoms with Gasteiger partial charge in [0.1, 0.15) is 5.75 Å². The third-order valence-electron chi connectivity index (χ3n) is 3.95. The number of carbonyl (C=O) groups excluding carboxylic acids is 1. The van der Waals surface area contributed by atoms with Gasteiger partial charge in [0.25, 0.3) is 5.69 Å². The van der Waals surface area contributed by atoms with Crippen LogP contribution in [0, 0.1) is 21.4 Å². The lowest BCUT2D eigenvalue weighted by Gasteiger charge is -2.05. The van der Waals surface area contributed by atoms with Crippen molar-refractivity contribution < 1.29 is 14.5 Å². The molecule has 0 unspecified atom stereocenters. The molecule has 0 heterocycles. The molecule has 0 aliphatic carbocycles. The van der Waals surface area contributed by atoms with Gasteiger partial charge < -0.3 is 4.74 Å². The molecule has 0 N–H and O–H groups in total. The van der Waals surface area contributed by atoms with E-state index in [9.17, 15) is 20.2 Å². The van der Waals surface area contributed by atoms with E-state index >= 15 is 0 Å². The average molecular weight is 405 g/mol. The van der Waals surface area contributed by atoms with Gasteiger partial charge in [-0.15, -0.1) is 0 Å². The Labute approximate surface area is 171 Å². The minimum atomic E-state index is -0.700. The van der Waals surface area contributed by atoms with Gasteiger partial charge in [-0.1, -0.05) is 41.9 Å². The Morgan fingerprint density at radius 2 is 1.72 bits per heavy atom. The third kappa shape index (κ3) is 5.06. The first-order valence-corrected chi connectivity index (χ1v) is 8.78. The Balaban J connectivity index is 1.76. The molecule has 3 rings (SSSR count). The number of nitro groups is 1. The number of allylic oxidation sites excluding steroid dienone is 1. The van der Waals surface area contributed by atoms with E-state index in [1.165, 1.54) is 18.2 Å².